The molecular formula is C25H23N5O2. The van der Waals surface area contributed by atoms with E-state index in [0.717, 1.165) is 33.1 Å². The number of amides is 1. The van der Waals surface area contributed by atoms with Gasteiger partial charge >= 0.3 is 0 Å². The monoisotopic (exact) mass is 425 g/mol. The number of aromatic nitrogens is 3. The Bertz CT molecular complexity index is 1380. The van der Waals surface area contributed by atoms with Crippen LogP contribution in [0.2, 0.25) is 0 Å². The van der Waals surface area contributed by atoms with Gasteiger partial charge in [0, 0.05) is 35.8 Å². The molecule has 7 heteroatoms. The molecule has 0 unspecified atom stereocenters. The summed E-state index contributed by atoms with van der Waals surface area (Å²) in [4.78, 5) is 22.5. The highest BCUT2D eigenvalue weighted by Gasteiger charge is 2.19. The lowest BCUT2D eigenvalue weighted by Crippen LogP contribution is -2.42. The number of imidazole rings is 1. The molecule has 0 radical (unpaired) electrons. The first-order valence-corrected chi connectivity index (χ1v) is 10.6. The molecule has 1 fully saturated rings. The average molecular weight is 425 g/mol. The van der Waals surface area contributed by atoms with E-state index in [-0.39, 0.29) is 12.5 Å². The number of nitrogens with zero attached hydrogens (tertiary/aromatic N) is 4. The number of H-pyrrole nitrogens is 1. The molecule has 1 aliphatic rings. The number of para-hydroxylation sites is 1. The van der Waals surface area contributed by atoms with Gasteiger partial charge in [-0.05, 0) is 36.8 Å². The third kappa shape index (κ3) is 3.77. The molecule has 7 nitrogen and oxygen atoms in total. The Morgan fingerprint density at radius 3 is 2.88 bits per heavy atom. The third-order valence-corrected chi connectivity index (χ3v) is 5.80. The number of fused-ring (bicyclic) bond motifs is 2. The zero-order valence-corrected chi connectivity index (χ0v) is 17.8. The number of allylic oxidation sites excluding steroid dienone is 1. The number of hydrogen-bond acceptors (Lipinski definition) is 4. The number of carbonyl (C=O) groups is 1. The van der Waals surface area contributed by atoms with Gasteiger partial charge in [0.1, 0.15) is 18.4 Å². The zero-order chi connectivity index (χ0) is 22.1. The lowest BCUT2D eigenvalue weighted by atomic mass is 10.1. The summed E-state index contributed by atoms with van der Waals surface area (Å²) in [6.07, 6.45) is 3.77. The number of nitrogens with one attached hydrogen (secondary N) is 1. The van der Waals surface area contributed by atoms with Gasteiger partial charge in [0.15, 0.2) is 0 Å². The van der Waals surface area contributed by atoms with Gasteiger partial charge in [-0.2, -0.15) is 5.26 Å². The lowest BCUT2D eigenvalue weighted by molar-refractivity contribution is -0.135. The van der Waals surface area contributed by atoms with Gasteiger partial charge in [-0.25, -0.2) is 4.98 Å². The summed E-state index contributed by atoms with van der Waals surface area (Å²) in [5.74, 6) is 0.604. The average Bonchev–Trinajstić information content (AvgIpc) is 3.39. The second-order valence-electron chi connectivity index (χ2n) is 8.00. The standard InChI is InChI=1S/C25H23N5O2/c1-17-6-7-21-22(12-17)28-25(27-21)18(14-26)13-19-15-30(23-5-3-2-4-20(19)23)16-24(31)29-8-10-32-11-9-29/h2-7,12-13,15H,8-11,16H2,1H3,(H,27,28). The van der Waals surface area contributed by atoms with Crippen LogP contribution < -0.4 is 0 Å². The minimum atomic E-state index is 0.0674. The molecule has 4 aromatic rings. The van der Waals surface area contributed by atoms with Crippen molar-refractivity contribution in [3.8, 4) is 6.07 Å². The van der Waals surface area contributed by atoms with E-state index in [1.807, 2.05) is 71.1 Å². The van der Waals surface area contributed by atoms with E-state index in [1.54, 1.807) is 0 Å². The van der Waals surface area contributed by atoms with Crippen LogP contribution in [-0.4, -0.2) is 51.6 Å². The van der Waals surface area contributed by atoms with Gasteiger partial charge in [-0.3, -0.25) is 4.79 Å². The van der Waals surface area contributed by atoms with Gasteiger partial charge in [0.05, 0.1) is 29.8 Å². The van der Waals surface area contributed by atoms with E-state index in [4.69, 9.17) is 4.74 Å². The first kappa shape index (κ1) is 20.0. The minimum Gasteiger partial charge on any atom is -0.378 e. The predicted octanol–water partition coefficient (Wildman–Crippen LogP) is 3.75. The van der Waals surface area contributed by atoms with Crippen molar-refractivity contribution in [2.24, 2.45) is 0 Å². The smallest absolute Gasteiger partial charge is 0.242 e. The fourth-order valence-electron chi connectivity index (χ4n) is 4.14. The molecule has 1 saturated heterocycles. The van der Waals surface area contributed by atoms with E-state index in [1.165, 1.54) is 0 Å². The van der Waals surface area contributed by atoms with E-state index in [2.05, 4.69) is 16.0 Å². The van der Waals surface area contributed by atoms with E-state index < -0.39 is 0 Å². The number of rotatable bonds is 4. The van der Waals surface area contributed by atoms with Crippen LogP contribution in [0.1, 0.15) is 17.0 Å². The Morgan fingerprint density at radius 1 is 1.25 bits per heavy atom. The Kier molecular flexibility index (Phi) is 5.21. The van der Waals surface area contributed by atoms with Gasteiger partial charge in [0.25, 0.3) is 0 Å². The van der Waals surface area contributed by atoms with Gasteiger partial charge in [-0.15, -0.1) is 0 Å². The number of hydrogen-bond donors (Lipinski definition) is 1. The molecule has 0 spiro atoms. The van der Waals surface area contributed by atoms with Gasteiger partial charge in [0.2, 0.25) is 5.91 Å². The van der Waals surface area contributed by atoms with Gasteiger partial charge < -0.3 is 19.2 Å². The molecule has 0 atom stereocenters. The summed E-state index contributed by atoms with van der Waals surface area (Å²) in [7, 11) is 0. The maximum absolute atomic E-state index is 12.8. The fourth-order valence-corrected chi connectivity index (χ4v) is 4.14. The maximum Gasteiger partial charge on any atom is 0.242 e. The molecule has 0 bridgehead atoms. The van der Waals surface area contributed by atoms with Crippen LogP contribution in [0.25, 0.3) is 33.6 Å². The normalized spacial score (nSPS) is 14.8. The number of carbonyl (C=O) groups excluding carboxylic acids is 1. The molecule has 3 heterocycles. The van der Waals surface area contributed by atoms with Crippen molar-refractivity contribution < 1.29 is 9.53 Å². The molecular weight excluding hydrogens is 402 g/mol. The summed E-state index contributed by atoms with van der Waals surface area (Å²) >= 11 is 0. The highest BCUT2D eigenvalue weighted by Crippen LogP contribution is 2.26. The second kappa shape index (κ2) is 8.33. The van der Waals surface area contributed by atoms with Crippen molar-refractivity contribution in [1.82, 2.24) is 19.4 Å². The van der Waals surface area contributed by atoms with Crippen molar-refractivity contribution in [3.05, 3.63) is 65.6 Å². The maximum atomic E-state index is 12.8. The molecule has 1 N–H and O–H groups in total. The number of aromatic amines is 1. The molecule has 32 heavy (non-hydrogen) atoms. The van der Waals surface area contributed by atoms with Gasteiger partial charge in [-0.1, -0.05) is 24.3 Å². The van der Waals surface area contributed by atoms with E-state index in [0.29, 0.717) is 37.7 Å². The predicted molar refractivity (Wildman–Crippen MR) is 124 cm³/mol. The third-order valence-electron chi connectivity index (χ3n) is 5.80. The number of ether oxygens (including phenoxy) is 1. The number of nitriles is 1. The van der Waals surface area contributed by atoms with Crippen molar-refractivity contribution in [1.29, 1.82) is 5.26 Å². The summed E-state index contributed by atoms with van der Waals surface area (Å²) in [5.41, 5.74) is 5.14. The molecule has 160 valence electrons. The highest BCUT2D eigenvalue weighted by atomic mass is 16.5. The van der Waals surface area contributed by atoms with Crippen LogP contribution >= 0.6 is 0 Å². The van der Waals surface area contributed by atoms with Crippen molar-refractivity contribution >= 4 is 39.5 Å². The molecule has 2 aromatic carbocycles. The SMILES string of the molecule is Cc1ccc2nc(C(C#N)=Cc3cn(CC(=O)N4CCOCC4)c4ccccc34)[nH]c2c1. The summed E-state index contributed by atoms with van der Waals surface area (Å²) in [5, 5.41) is 10.8. The number of morpholine rings is 1. The van der Waals surface area contributed by atoms with E-state index in [9.17, 15) is 10.1 Å². The Morgan fingerprint density at radius 2 is 2.06 bits per heavy atom. The Labute approximate surface area is 185 Å². The highest BCUT2D eigenvalue weighted by molar-refractivity contribution is 5.98. The molecule has 1 amide bonds. The Hall–Kier alpha value is -3.89. The van der Waals surface area contributed by atoms with Crippen molar-refractivity contribution in [2.75, 3.05) is 26.3 Å². The van der Waals surface area contributed by atoms with Crippen LogP contribution in [0.4, 0.5) is 0 Å². The number of aryl methyl sites for hydroxylation is 1. The van der Waals surface area contributed by atoms with Crippen LogP contribution in [0.3, 0.4) is 0 Å². The number of benzene rings is 2. The molecule has 0 saturated carbocycles. The van der Waals surface area contributed by atoms with Crippen LogP contribution in [0.15, 0.2) is 48.7 Å². The first-order chi connectivity index (χ1) is 15.6. The fraction of sp³-hybridized carbons (Fsp3) is 0.240. The van der Waals surface area contributed by atoms with Crippen LogP contribution in [-0.2, 0) is 16.1 Å². The largest absolute Gasteiger partial charge is 0.378 e. The summed E-state index contributed by atoms with van der Waals surface area (Å²) < 4.78 is 7.31. The van der Waals surface area contributed by atoms with Crippen LogP contribution in [0, 0.1) is 18.3 Å². The summed E-state index contributed by atoms with van der Waals surface area (Å²) in [6, 6.07) is 16.2. The lowest BCUT2D eigenvalue weighted by Gasteiger charge is -2.27. The first-order valence-electron chi connectivity index (χ1n) is 10.6. The zero-order valence-electron chi connectivity index (χ0n) is 17.8. The van der Waals surface area contributed by atoms with Crippen molar-refractivity contribution in [2.45, 2.75) is 13.5 Å². The molecule has 0 aliphatic carbocycles. The topological polar surface area (TPSA) is 86.9 Å². The van der Waals surface area contributed by atoms with Crippen molar-refractivity contribution in [3.63, 3.8) is 0 Å². The quantitative estimate of drug-likeness (QED) is 0.505. The second-order valence-corrected chi connectivity index (χ2v) is 8.00. The molecule has 2 aromatic heterocycles. The van der Waals surface area contributed by atoms with E-state index >= 15 is 0 Å². The molecule has 1 aliphatic heterocycles. The van der Waals surface area contributed by atoms with Crippen LogP contribution in [0.5, 0.6) is 0 Å². The Balaban J connectivity index is 1.52. The molecule has 5 rings (SSSR count). The summed E-state index contributed by atoms with van der Waals surface area (Å²) in [6.45, 7) is 4.67. The minimum absolute atomic E-state index is 0.0674.